The Kier molecular flexibility index (Phi) is 13.2. The van der Waals surface area contributed by atoms with E-state index in [0.717, 1.165) is 46.6 Å². The van der Waals surface area contributed by atoms with Gasteiger partial charge in [-0.25, -0.2) is 9.97 Å². The molecule has 274 valence electrons. The van der Waals surface area contributed by atoms with E-state index in [4.69, 9.17) is 4.74 Å². The summed E-state index contributed by atoms with van der Waals surface area (Å²) in [5, 5.41) is 12.6. The molecule has 2 amide bonds. The molecule has 0 radical (unpaired) electrons. The molecule has 1 aliphatic rings. The second-order valence-corrected chi connectivity index (χ2v) is 14.8. The van der Waals surface area contributed by atoms with Crippen molar-refractivity contribution < 1.29 is 24.2 Å². The molecule has 0 saturated carbocycles. The van der Waals surface area contributed by atoms with Crippen molar-refractivity contribution in [2.45, 2.75) is 90.5 Å². The lowest BCUT2D eigenvalue weighted by Crippen LogP contribution is -2.53. The van der Waals surface area contributed by atoms with Crippen LogP contribution in [0.15, 0.2) is 85.2 Å². The summed E-state index contributed by atoms with van der Waals surface area (Å²) < 4.78 is 5.90. The number of piperidine rings is 1. The van der Waals surface area contributed by atoms with Gasteiger partial charge in [-0.05, 0) is 65.6 Å². The highest BCUT2D eigenvalue weighted by Gasteiger charge is 2.33. The van der Waals surface area contributed by atoms with Crippen molar-refractivity contribution in [2.75, 3.05) is 19.7 Å². The largest absolute Gasteiger partial charge is 0.494 e. The van der Waals surface area contributed by atoms with E-state index in [2.05, 4.69) is 43.0 Å². The first-order chi connectivity index (χ1) is 25.0. The molecule has 9 nitrogen and oxygen atoms in total. The van der Waals surface area contributed by atoms with E-state index in [1.165, 1.54) is 25.7 Å². The van der Waals surface area contributed by atoms with Gasteiger partial charge < -0.3 is 20.1 Å². The predicted octanol–water partition coefficient (Wildman–Crippen LogP) is 8.12. The van der Waals surface area contributed by atoms with Gasteiger partial charge in [0, 0.05) is 48.6 Å². The number of likely N-dealkylation sites (tertiary alicyclic amines) is 1. The lowest BCUT2D eigenvalue weighted by atomic mass is 9.86. The Morgan fingerprint density at radius 1 is 0.865 bits per heavy atom. The van der Waals surface area contributed by atoms with Gasteiger partial charge in [0.2, 0.25) is 5.91 Å². The van der Waals surface area contributed by atoms with Gasteiger partial charge >= 0.3 is 5.97 Å². The molecule has 2 heterocycles. The third kappa shape index (κ3) is 10.5. The molecule has 1 aliphatic heterocycles. The van der Waals surface area contributed by atoms with E-state index in [0.29, 0.717) is 30.8 Å². The van der Waals surface area contributed by atoms with Gasteiger partial charge in [0.25, 0.3) is 5.91 Å². The van der Waals surface area contributed by atoms with E-state index in [1.807, 2.05) is 60.7 Å². The van der Waals surface area contributed by atoms with Crippen molar-refractivity contribution >= 4 is 17.8 Å². The second kappa shape index (κ2) is 17.9. The third-order valence-corrected chi connectivity index (χ3v) is 9.71. The third-order valence-electron chi connectivity index (χ3n) is 9.71. The maximum atomic E-state index is 13.9. The highest BCUT2D eigenvalue weighted by Crippen LogP contribution is 2.25. The number of benzene rings is 3. The van der Waals surface area contributed by atoms with Gasteiger partial charge in [0.15, 0.2) is 5.82 Å². The summed E-state index contributed by atoms with van der Waals surface area (Å²) in [7, 11) is 0. The van der Waals surface area contributed by atoms with Crippen molar-refractivity contribution in [1.82, 2.24) is 20.2 Å². The van der Waals surface area contributed by atoms with Crippen LogP contribution in [0.1, 0.15) is 94.1 Å². The van der Waals surface area contributed by atoms with Gasteiger partial charge in [0.05, 0.1) is 12.5 Å². The number of carbonyl (C=O) groups excluding carboxylic acids is 2. The number of carbonyl (C=O) groups is 3. The lowest BCUT2D eigenvalue weighted by Gasteiger charge is -2.33. The zero-order chi connectivity index (χ0) is 37.1. The molecule has 5 rings (SSSR count). The van der Waals surface area contributed by atoms with E-state index >= 15 is 0 Å². The summed E-state index contributed by atoms with van der Waals surface area (Å²) in [4.78, 5) is 49.9. The van der Waals surface area contributed by atoms with Crippen LogP contribution in [0.3, 0.4) is 0 Å². The molecule has 2 unspecified atom stereocenters. The van der Waals surface area contributed by atoms with Crippen molar-refractivity contribution in [3.63, 3.8) is 0 Å². The molecule has 2 atom stereocenters. The molecule has 1 aromatic heterocycles. The van der Waals surface area contributed by atoms with Crippen LogP contribution in [0.5, 0.6) is 5.75 Å². The summed E-state index contributed by atoms with van der Waals surface area (Å²) in [6.45, 7) is 9.86. The molecule has 1 saturated heterocycles. The number of nitrogens with zero attached hydrogens (tertiary/aromatic N) is 3. The Bertz CT molecular complexity index is 1770. The van der Waals surface area contributed by atoms with Crippen LogP contribution in [-0.4, -0.2) is 63.5 Å². The zero-order valence-corrected chi connectivity index (χ0v) is 30.9. The summed E-state index contributed by atoms with van der Waals surface area (Å²) in [5.41, 5.74) is 5.08. The Morgan fingerprint density at radius 2 is 1.52 bits per heavy atom. The van der Waals surface area contributed by atoms with Gasteiger partial charge in [-0.2, -0.15) is 0 Å². The summed E-state index contributed by atoms with van der Waals surface area (Å²) in [6, 6.07) is 22.2. The first kappa shape index (κ1) is 38.2. The van der Waals surface area contributed by atoms with Gasteiger partial charge in [-0.1, -0.05) is 102 Å². The average molecular weight is 705 g/mol. The first-order valence-electron chi connectivity index (χ1n) is 18.6. The fourth-order valence-electron chi connectivity index (χ4n) is 6.45. The van der Waals surface area contributed by atoms with Crippen molar-refractivity contribution in [1.29, 1.82) is 0 Å². The molecule has 0 aliphatic carbocycles. The molecular weight excluding hydrogens is 652 g/mol. The van der Waals surface area contributed by atoms with Gasteiger partial charge in [-0.3, -0.25) is 14.4 Å². The minimum atomic E-state index is -0.908. The van der Waals surface area contributed by atoms with Crippen molar-refractivity contribution in [3.05, 3.63) is 102 Å². The van der Waals surface area contributed by atoms with Crippen LogP contribution in [0.25, 0.3) is 22.5 Å². The van der Waals surface area contributed by atoms with Crippen molar-refractivity contribution in [3.8, 4) is 28.3 Å². The molecule has 0 bridgehead atoms. The normalized spacial score (nSPS) is 15.2. The molecule has 0 spiro atoms. The zero-order valence-electron chi connectivity index (χ0n) is 30.9. The monoisotopic (exact) mass is 704 g/mol. The highest BCUT2D eigenvalue weighted by atomic mass is 16.5. The topological polar surface area (TPSA) is 122 Å². The van der Waals surface area contributed by atoms with Gasteiger partial charge in [0.1, 0.15) is 11.8 Å². The number of aromatic nitrogens is 2. The van der Waals surface area contributed by atoms with Crippen LogP contribution >= 0.6 is 0 Å². The minimum absolute atomic E-state index is 0.0591. The number of carboxylic acid groups (broad SMARTS) is 1. The molecule has 1 fully saturated rings. The molecule has 4 aromatic rings. The molecule has 2 N–H and O–H groups in total. The summed E-state index contributed by atoms with van der Waals surface area (Å²) >= 11 is 0. The Balaban J connectivity index is 1.24. The molecule has 9 heteroatoms. The second-order valence-electron chi connectivity index (χ2n) is 14.8. The summed E-state index contributed by atoms with van der Waals surface area (Å²) in [6.07, 6.45) is 11.0. The van der Waals surface area contributed by atoms with Crippen LogP contribution in [0.4, 0.5) is 0 Å². The van der Waals surface area contributed by atoms with E-state index in [1.54, 1.807) is 29.4 Å². The highest BCUT2D eigenvalue weighted by molar-refractivity contribution is 5.97. The Labute approximate surface area is 307 Å². The standard InChI is InChI=1S/C43H52N4O5/c1-5-6-7-8-9-25-52-37-22-18-31(19-23-37)35-27-44-39(45-28-35)32-14-12-30(13-15-32)26-38(41(49)47-24-10-11-34(29-47)42(50)51)46-40(48)33-16-20-36(21-17-33)43(2,3)4/h12-23,27-28,34,38H,5-11,24-26,29H2,1-4H3,(H,46,48)(H,50,51). The van der Waals surface area contributed by atoms with E-state index in [-0.39, 0.29) is 30.2 Å². The maximum Gasteiger partial charge on any atom is 0.308 e. The van der Waals surface area contributed by atoms with Crippen LogP contribution in [-0.2, 0) is 21.4 Å². The minimum Gasteiger partial charge on any atom is -0.494 e. The smallest absolute Gasteiger partial charge is 0.308 e. The fraction of sp³-hybridized carbons (Fsp3) is 0.419. The fourth-order valence-corrected chi connectivity index (χ4v) is 6.45. The van der Waals surface area contributed by atoms with E-state index < -0.39 is 17.9 Å². The van der Waals surface area contributed by atoms with E-state index in [9.17, 15) is 19.5 Å². The van der Waals surface area contributed by atoms with Crippen molar-refractivity contribution in [2.24, 2.45) is 5.92 Å². The molecular formula is C43H52N4O5. The number of ether oxygens (including phenoxy) is 1. The first-order valence-corrected chi connectivity index (χ1v) is 18.6. The number of rotatable bonds is 15. The molecule has 3 aromatic carbocycles. The quantitative estimate of drug-likeness (QED) is 0.120. The SMILES string of the molecule is CCCCCCCOc1ccc(-c2cnc(-c3ccc(CC(NC(=O)c4ccc(C(C)(C)C)cc4)C(=O)N4CCCC(C(=O)O)C4)cc3)nc2)cc1. The number of aliphatic carboxylic acids is 1. The number of hydrogen-bond acceptors (Lipinski definition) is 6. The average Bonchev–Trinajstić information content (AvgIpc) is 3.16. The number of amides is 2. The lowest BCUT2D eigenvalue weighted by molar-refractivity contribution is -0.146. The van der Waals surface area contributed by atoms with Crippen LogP contribution in [0, 0.1) is 5.92 Å². The molecule has 52 heavy (non-hydrogen) atoms. The summed E-state index contributed by atoms with van der Waals surface area (Å²) in [5.74, 6) is -0.727. The number of hydrogen-bond donors (Lipinski definition) is 2. The van der Waals surface area contributed by atoms with Crippen LogP contribution < -0.4 is 10.1 Å². The maximum absolute atomic E-state index is 13.9. The number of nitrogens with one attached hydrogen (secondary N) is 1. The van der Waals surface area contributed by atoms with Gasteiger partial charge in [-0.15, -0.1) is 0 Å². The predicted molar refractivity (Wildman–Crippen MR) is 204 cm³/mol. The van der Waals surface area contributed by atoms with Crippen LogP contribution in [0.2, 0.25) is 0 Å². The number of unbranched alkanes of at least 4 members (excludes halogenated alkanes) is 4. The number of carboxylic acids is 1. The Hall–Kier alpha value is -5.05. The Morgan fingerprint density at radius 3 is 2.15 bits per heavy atom.